The zero-order valence-corrected chi connectivity index (χ0v) is 8.95. The Morgan fingerprint density at radius 2 is 2.12 bits per heavy atom. The van der Waals surface area contributed by atoms with Crippen molar-refractivity contribution < 1.29 is 0 Å². The molecule has 16 heavy (non-hydrogen) atoms. The second-order valence-electron chi connectivity index (χ2n) is 3.32. The molecule has 0 aliphatic heterocycles. The highest BCUT2D eigenvalue weighted by atomic mass is 15.1. The normalized spacial score (nSPS) is 8.94. The minimum atomic E-state index is 0.434. The summed E-state index contributed by atoms with van der Waals surface area (Å²) in [4.78, 5) is 4.32. The molecule has 5 nitrogen and oxygen atoms in total. The third-order valence-corrected chi connectivity index (χ3v) is 2.11. The number of azide groups is 1. The second-order valence-corrected chi connectivity index (χ2v) is 3.32. The average molecular weight is 215 g/mol. The zero-order valence-electron chi connectivity index (χ0n) is 8.95. The van der Waals surface area contributed by atoms with Crippen LogP contribution in [0.1, 0.15) is 12.0 Å². The molecule has 0 radical (unpaired) electrons. The Hall–Kier alpha value is -2.18. The van der Waals surface area contributed by atoms with Gasteiger partial charge in [-0.3, -0.25) is 0 Å². The lowest BCUT2D eigenvalue weighted by Crippen LogP contribution is -2.19. The first-order valence-corrected chi connectivity index (χ1v) is 5.06. The molecule has 0 saturated carbocycles. The average Bonchev–Trinajstić information content (AvgIpc) is 2.34. The van der Waals surface area contributed by atoms with Gasteiger partial charge in [0.25, 0.3) is 0 Å². The van der Waals surface area contributed by atoms with Crippen molar-refractivity contribution in [3.05, 3.63) is 46.3 Å². The predicted octanol–water partition coefficient (Wildman–Crippen LogP) is 2.67. The Morgan fingerprint density at radius 1 is 1.38 bits per heavy atom. The minimum absolute atomic E-state index is 0.434. The molecular formula is C11H13N5. The molecule has 0 aromatic heterocycles. The number of benzene rings is 1. The van der Waals surface area contributed by atoms with Gasteiger partial charge in [0.1, 0.15) is 0 Å². The fourth-order valence-electron chi connectivity index (χ4n) is 1.35. The summed E-state index contributed by atoms with van der Waals surface area (Å²) in [5.74, 6) is 0. The van der Waals surface area contributed by atoms with Crippen molar-refractivity contribution in [2.75, 3.05) is 13.1 Å². The maximum atomic E-state index is 8.92. The van der Waals surface area contributed by atoms with Gasteiger partial charge in [0.15, 0.2) is 6.19 Å². The van der Waals surface area contributed by atoms with E-state index < -0.39 is 0 Å². The lowest BCUT2D eigenvalue weighted by atomic mass is 10.2. The molecule has 0 N–H and O–H groups in total. The van der Waals surface area contributed by atoms with Crippen LogP contribution in [0.15, 0.2) is 35.4 Å². The van der Waals surface area contributed by atoms with Crippen LogP contribution in [0.25, 0.3) is 10.4 Å². The van der Waals surface area contributed by atoms with Crippen LogP contribution in [-0.4, -0.2) is 18.0 Å². The van der Waals surface area contributed by atoms with Gasteiger partial charge in [0.2, 0.25) is 0 Å². The van der Waals surface area contributed by atoms with Gasteiger partial charge in [-0.1, -0.05) is 35.4 Å². The van der Waals surface area contributed by atoms with E-state index in [4.69, 9.17) is 10.8 Å². The molecule has 0 unspecified atom stereocenters. The lowest BCUT2D eigenvalue weighted by molar-refractivity contribution is 0.380. The first kappa shape index (κ1) is 11.9. The fraction of sp³-hybridized carbons (Fsp3) is 0.364. The Balaban J connectivity index is 2.38. The van der Waals surface area contributed by atoms with Crippen LogP contribution >= 0.6 is 0 Å². The third kappa shape index (κ3) is 4.36. The smallest absolute Gasteiger partial charge is 0.179 e. The molecule has 0 atom stereocenters. The summed E-state index contributed by atoms with van der Waals surface area (Å²) in [6.07, 6.45) is 2.82. The Kier molecular flexibility index (Phi) is 5.32. The van der Waals surface area contributed by atoms with Crippen molar-refractivity contribution in [2.24, 2.45) is 5.11 Å². The van der Waals surface area contributed by atoms with Crippen LogP contribution in [0, 0.1) is 11.5 Å². The van der Waals surface area contributed by atoms with E-state index in [1.165, 1.54) is 0 Å². The van der Waals surface area contributed by atoms with Crippen LogP contribution in [0.3, 0.4) is 0 Å². The first-order chi connectivity index (χ1) is 7.86. The third-order valence-electron chi connectivity index (χ3n) is 2.11. The molecular weight excluding hydrogens is 202 g/mol. The molecule has 0 fully saturated rings. The van der Waals surface area contributed by atoms with E-state index >= 15 is 0 Å². The fourth-order valence-corrected chi connectivity index (χ4v) is 1.35. The van der Waals surface area contributed by atoms with Gasteiger partial charge in [0.05, 0.1) is 6.54 Å². The SMILES string of the molecule is N#CN(CCCN=[N+]=[N-])Cc1ccccc1. The molecule has 0 saturated heterocycles. The lowest BCUT2D eigenvalue weighted by Gasteiger charge is -2.14. The molecule has 0 spiro atoms. The first-order valence-electron chi connectivity index (χ1n) is 5.06. The van der Waals surface area contributed by atoms with Crippen molar-refractivity contribution in [3.63, 3.8) is 0 Å². The predicted molar refractivity (Wildman–Crippen MR) is 61.1 cm³/mol. The Labute approximate surface area is 94.5 Å². The van der Waals surface area contributed by atoms with E-state index in [1.807, 2.05) is 30.3 Å². The monoisotopic (exact) mass is 215 g/mol. The van der Waals surface area contributed by atoms with Crippen LogP contribution in [0.2, 0.25) is 0 Å². The molecule has 0 heterocycles. The van der Waals surface area contributed by atoms with Crippen molar-refractivity contribution >= 4 is 0 Å². The van der Waals surface area contributed by atoms with Gasteiger partial charge < -0.3 is 4.90 Å². The summed E-state index contributed by atoms with van der Waals surface area (Å²) in [6, 6.07) is 9.81. The summed E-state index contributed by atoms with van der Waals surface area (Å²) in [7, 11) is 0. The standard InChI is InChI=1S/C11H13N5/c12-10-16(8-4-7-14-15-13)9-11-5-2-1-3-6-11/h1-3,5-6H,4,7-9H2. The van der Waals surface area contributed by atoms with Crippen molar-refractivity contribution in [1.29, 1.82) is 5.26 Å². The molecule has 1 aromatic carbocycles. The summed E-state index contributed by atoms with van der Waals surface area (Å²) < 4.78 is 0. The van der Waals surface area contributed by atoms with Gasteiger partial charge in [0, 0.05) is 18.0 Å². The van der Waals surface area contributed by atoms with Gasteiger partial charge >= 0.3 is 0 Å². The number of hydrogen-bond donors (Lipinski definition) is 0. The number of hydrogen-bond acceptors (Lipinski definition) is 3. The highest BCUT2D eigenvalue weighted by Gasteiger charge is 2.01. The summed E-state index contributed by atoms with van der Waals surface area (Å²) in [6.45, 7) is 1.65. The quantitative estimate of drug-likeness (QED) is 0.183. The van der Waals surface area contributed by atoms with Gasteiger partial charge in [-0.25, -0.2) is 0 Å². The molecule has 5 heteroatoms. The maximum absolute atomic E-state index is 8.92. The Morgan fingerprint density at radius 3 is 2.75 bits per heavy atom. The van der Waals surface area contributed by atoms with E-state index in [-0.39, 0.29) is 0 Å². The van der Waals surface area contributed by atoms with Gasteiger partial charge in [-0.05, 0) is 17.5 Å². The Bertz CT molecular complexity index is 389. The summed E-state index contributed by atoms with van der Waals surface area (Å²) in [5, 5.41) is 12.3. The van der Waals surface area contributed by atoms with E-state index in [0.29, 0.717) is 26.1 Å². The van der Waals surface area contributed by atoms with E-state index in [1.54, 1.807) is 4.90 Å². The van der Waals surface area contributed by atoms with E-state index in [0.717, 1.165) is 5.56 Å². The molecule has 0 bridgehead atoms. The summed E-state index contributed by atoms with van der Waals surface area (Å²) >= 11 is 0. The van der Waals surface area contributed by atoms with Crippen LogP contribution < -0.4 is 0 Å². The topological polar surface area (TPSA) is 75.8 Å². The molecule has 0 aliphatic carbocycles. The zero-order chi connectivity index (χ0) is 11.6. The minimum Gasteiger partial charge on any atom is -0.306 e. The number of rotatable bonds is 6. The van der Waals surface area contributed by atoms with Crippen LogP contribution in [0.5, 0.6) is 0 Å². The van der Waals surface area contributed by atoms with E-state index in [2.05, 4.69) is 16.2 Å². The molecule has 0 amide bonds. The maximum Gasteiger partial charge on any atom is 0.179 e. The van der Waals surface area contributed by atoms with Crippen molar-refractivity contribution in [2.45, 2.75) is 13.0 Å². The molecule has 82 valence electrons. The number of nitrogens with zero attached hydrogens (tertiary/aromatic N) is 5. The van der Waals surface area contributed by atoms with Crippen LogP contribution in [0.4, 0.5) is 0 Å². The van der Waals surface area contributed by atoms with Gasteiger partial charge in [-0.2, -0.15) is 5.26 Å². The number of nitriles is 1. The van der Waals surface area contributed by atoms with Crippen molar-refractivity contribution in [1.82, 2.24) is 4.90 Å². The highest BCUT2D eigenvalue weighted by molar-refractivity contribution is 5.14. The van der Waals surface area contributed by atoms with Crippen molar-refractivity contribution in [3.8, 4) is 6.19 Å². The molecule has 1 rings (SSSR count). The highest BCUT2D eigenvalue weighted by Crippen LogP contribution is 2.03. The molecule has 0 aliphatic rings. The largest absolute Gasteiger partial charge is 0.306 e. The van der Waals surface area contributed by atoms with Crippen LogP contribution in [-0.2, 0) is 6.54 Å². The second kappa shape index (κ2) is 7.16. The van der Waals surface area contributed by atoms with Gasteiger partial charge in [-0.15, -0.1) is 0 Å². The summed E-state index contributed by atoms with van der Waals surface area (Å²) in [5.41, 5.74) is 9.21. The molecule has 1 aromatic rings. The van der Waals surface area contributed by atoms with E-state index in [9.17, 15) is 0 Å².